The standard InChI is InChI=1S/C10H15NO2.ClH/c1-2-12-7-8-13-10-6-4-3-5-9(10)11;/h3-6H,2,7-8,11H2,1H3;1H/p-1. The Morgan fingerprint density at radius 2 is 1.93 bits per heavy atom. The second-order valence-electron chi connectivity index (χ2n) is 2.58. The van der Waals surface area contributed by atoms with E-state index < -0.39 is 0 Å². The molecule has 14 heavy (non-hydrogen) atoms. The Labute approximate surface area is 90.6 Å². The van der Waals surface area contributed by atoms with E-state index in [2.05, 4.69) is 0 Å². The number of hydrogen-bond donors (Lipinski definition) is 1. The topological polar surface area (TPSA) is 44.5 Å². The van der Waals surface area contributed by atoms with Gasteiger partial charge in [0.1, 0.15) is 12.4 Å². The molecule has 3 nitrogen and oxygen atoms in total. The normalized spacial score (nSPS) is 9.21. The fourth-order valence-electron chi connectivity index (χ4n) is 0.967. The van der Waals surface area contributed by atoms with Crippen molar-refractivity contribution in [1.29, 1.82) is 0 Å². The van der Waals surface area contributed by atoms with Crippen molar-refractivity contribution in [2.75, 3.05) is 25.6 Å². The van der Waals surface area contributed by atoms with Gasteiger partial charge >= 0.3 is 0 Å². The molecule has 0 saturated heterocycles. The molecule has 0 unspecified atom stereocenters. The molecule has 0 spiro atoms. The Hall–Kier alpha value is -0.930. The maximum absolute atomic E-state index is 5.67. The number of hydrogen-bond acceptors (Lipinski definition) is 3. The predicted octanol–water partition coefficient (Wildman–Crippen LogP) is -1.31. The zero-order valence-corrected chi connectivity index (χ0v) is 8.96. The van der Waals surface area contributed by atoms with E-state index in [1.165, 1.54) is 0 Å². The first-order valence-corrected chi connectivity index (χ1v) is 4.39. The second-order valence-corrected chi connectivity index (χ2v) is 2.58. The lowest BCUT2D eigenvalue weighted by Crippen LogP contribution is -3.00. The molecule has 0 atom stereocenters. The number of anilines is 1. The van der Waals surface area contributed by atoms with Crippen molar-refractivity contribution in [3.8, 4) is 5.75 Å². The van der Waals surface area contributed by atoms with E-state index in [4.69, 9.17) is 15.2 Å². The van der Waals surface area contributed by atoms with Crippen LogP contribution in [0.4, 0.5) is 5.69 Å². The van der Waals surface area contributed by atoms with Crippen LogP contribution in [-0.4, -0.2) is 19.8 Å². The van der Waals surface area contributed by atoms with Gasteiger partial charge < -0.3 is 27.6 Å². The summed E-state index contributed by atoms with van der Waals surface area (Å²) in [6.07, 6.45) is 0. The minimum Gasteiger partial charge on any atom is -1.00 e. The van der Waals surface area contributed by atoms with Gasteiger partial charge in [-0.15, -0.1) is 0 Å². The van der Waals surface area contributed by atoms with Gasteiger partial charge in [0.15, 0.2) is 0 Å². The largest absolute Gasteiger partial charge is 1.00 e. The highest BCUT2D eigenvalue weighted by molar-refractivity contribution is 5.51. The number of nitrogens with two attached hydrogens (primary N) is 1. The summed E-state index contributed by atoms with van der Waals surface area (Å²) in [7, 11) is 0. The number of halogens is 1. The van der Waals surface area contributed by atoms with Crippen molar-refractivity contribution < 1.29 is 21.9 Å². The summed E-state index contributed by atoms with van der Waals surface area (Å²) in [5.74, 6) is 0.724. The molecular weight excluding hydrogens is 202 g/mol. The van der Waals surface area contributed by atoms with Gasteiger partial charge in [-0.1, -0.05) is 12.1 Å². The number of para-hydroxylation sites is 2. The van der Waals surface area contributed by atoms with E-state index in [-0.39, 0.29) is 12.4 Å². The molecule has 0 fully saturated rings. The molecule has 1 aromatic rings. The zero-order valence-electron chi connectivity index (χ0n) is 8.20. The smallest absolute Gasteiger partial charge is 0.142 e. The van der Waals surface area contributed by atoms with Gasteiger partial charge in [0.05, 0.1) is 12.3 Å². The average Bonchev–Trinajstić information content (AvgIpc) is 2.15. The van der Waals surface area contributed by atoms with E-state index in [9.17, 15) is 0 Å². The first-order valence-electron chi connectivity index (χ1n) is 4.39. The van der Waals surface area contributed by atoms with Crippen molar-refractivity contribution in [2.45, 2.75) is 6.92 Å². The van der Waals surface area contributed by atoms with Crippen molar-refractivity contribution in [2.24, 2.45) is 0 Å². The Morgan fingerprint density at radius 1 is 1.21 bits per heavy atom. The van der Waals surface area contributed by atoms with Crippen molar-refractivity contribution in [3.63, 3.8) is 0 Å². The molecule has 0 aliphatic carbocycles. The average molecular weight is 217 g/mol. The van der Waals surface area contributed by atoms with Crippen LogP contribution in [0, 0.1) is 0 Å². The molecule has 80 valence electrons. The summed E-state index contributed by atoms with van der Waals surface area (Å²) in [6, 6.07) is 7.44. The fraction of sp³-hybridized carbons (Fsp3) is 0.400. The lowest BCUT2D eigenvalue weighted by atomic mass is 10.3. The fourth-order valence-corrected chi connectivity index (χ4v) is 0.967. The minimum absolute atomic E-state index is 0. The van der Waals surface area contributed by atoms with Crippen LogP contribution in [-0.2, 0) is 4.74 Å². The van der Waals surface area contributed by atoms with Gasteiger partial charge in [-0.2, -0.15) is 0 Å². The van der Waals surface area contributed by atoms with Gasteiger partial charge in [0, 0.05) is 6.61 Å². The summed E-state index contributed by atoms with van der Waals surface area (Å²) in [6.45, 7) is 3.82. The highest BCUT2D eigenvalue weighted by Gasteiger charge is 1.96. The van der Waals surface area contributed by atoms with Crippen molar-refractivity contribution >= 4 is 5.69 Å². The van der Waals surface area contributed by atoms with Crippen LogP contribution < -0.4 is 22.9 Å². The van der Waals surface area contributed by atoms with E-state index in [0.29, 0.717) is 25.5 Å². The third-order valence-corrected chi connectivity index (χ3v) is 1.61. The number of nitrogen functional groups attached to an aromatic ring is 1. The van der Waals surface area contributed by atoms with Crippen molar-refractivity contribution in [1.82, 2.24) is 0 Å². The zero-order chi connectivity index (χ0) is 9.52. The summed E-state index contributed by atoms with van der Waals surface area (Å²) < 4.78 is 10.5. The summed E-state index contributed by atoms with van der Waals surface area (Å²) in [5, 5.41) is 0. The van der Waals surface area contributed by atoms with Crippen LogP contribution >= 0.6 is 0 Å². The SMILES string of the molecule is CCOCCOc1ccccc1N.[Cl-]. The first-order chi connectivity index (χ1) is 6.34. The summed E-state index contributed by atoms with van der Waals surface area (Å²) in [4.78, 5) is 0. The lowest BCUT2D eigenvalue weighted by molar-refractivity contribution is -0.00000360. The van der Waals surface area contributed by atoms with Gasteiger partial charge in [0.2, 0.25) is 0 Å². The molecular formula is C10H15ClNO2-. The number of rotatable bonds is 5. The van der Waals surface area contributed by atoms with E-state index in [1.807, 2.05) is 31.2 Å². The highest BCUT2D eigenvalue weighted by atomic mass is 35.5. The molecule has 1 rings (SSSR count). The highest BCUT2D eigenvalue weighted by Crippen LogP contribution is 2.19. The number of benzene rings is 1. The maximum atomic E-state index is 5.67. The monoisotopic (exact) mass is 216 g/mol. The summed E-state index contributed by atoms with van der Waals surface area (Å²) >= 11 is 0. The minimum atomic E-state index is 0. The number of ether oxygens (including phenoxy) is 2. The van der Waals surface area contributed by atoms with Gasteiger partial charge in [0.25, 0.3) is 0 Å². The lowest BCUT2D eigenvalue weighted by Gasteiger charge is -2.07. The molecule has 1 aromatic carbocycles. The van der Waals surface area contributed by atoms with Crippen LogP contribution in [0.15, 0.2) is 24.3 Å². The van der Waals surface area contributed by atoms with Gasteiger partial charge in [-0.25, -0.2) is 0 Å². The molecule has 2 N–H and O–H groups in total. The molecule has 0 radical (unpaired) electrons. The Morgan fingerprint density at radius 3 is 2.57 bits per heavy atom. The van der Waals surface area contributed by atoms with E-state index in [0.717, 1.165) is 5.75 Å². The van der Waals surface area contributed by atoms with Crippen LogP contribution in [0.5, 0.6) is 5.75 Å². The molecule has 0 aliphatic heterocycles. The molecule has 0 amide bonds. The molecule has 0 saturated carbocycles. The molecule has 0 aromatic heterocycles. The second kappa shape index (κ2) is 7.47. The van der Waals surface area contributed by atoms with Crippen LogP contribution in [0.3, 0.4) is 0 Å². The molecule has 0 bridgehead atoms. The quantitative estimate of drug-likeness (QED) is 0.491. The van der Waals surface area contributed by atoms with E-state index in [1.54, 1.807) is 0 Å². The Balaban J connectivity index is 0.00000169. The van der Waals surface area contributed by atoms with Crippen LogP contribution in [0.1, 0.15) is 6.92 Å². The van der Waals surface area contributed by atoms with Crippen LogP contribution in [0.2, 0.25) is 0 Å². The van der Waals surface area contributed by atoms with Crippen LogP contribution in [0.25, 0.3) is 0 Å². The van der Waals surface area contributed by atoms with Gasteiger partial charge in [-0.3, -0.25) is 0 Å². The first kappa shape index (κ1) is 13.1. The summed E-state index contributed by atoms with van der Waals surface area (Å²) in [5.41, 5.74) is 6.34. The van der Waals surface area contributed by atoms with Crippen molar-refractivity contribution in [3.05, 3.63) is 24.3 Å². The third-order valence-electron chi connectivity index (χ3n) is 1.61. The molecule has 4 heteroatoms. The predicted molar refractivity (Wildman–Crippen MR) is 52.8 cm³/mol. The maximum Gasteiger partial charge on any atom is 0.142 e. The molecule has 0 aliphatic rings. The van der Waals surface area contributed by atoms with E-state index >= 15 is 0 Å². The third kappa shape index (κ3) is 4.35. The van der Waals surface area contributed by atoms with Gasteiger partial charge in [-0.05, 0) is 19.1 Å². The molecule has 0 heterocycles. The Bertz CT molecular complexity index is 256. The Kier molecular flexibility index (Phi) is 6.98.